The molecule has 0 aliphatic carbocycles. The lowest BCUT2D eigenvalue weighted by molar-refractivity contribution is -0.134. The summed E-state index contributed by atoms with van der Waals surface area (Å²) in [5.41, 5.74) is 1.44. The number of benzene rings is 1. The monoisotopic (exact) mass is 272 g/mol. The van der Waals surface area contributed by atoms with E-state index in [1.165, 1.54) is 11.3 Å². The SMILES string of the molecule is CCC1C(=O)Oc2ccc(C(=O)c3cccs3)cc21. The van der Waals surface area contributed by atoms with Gasteiger partial charge in [0.25, 0.3) is 0 Å². The molecule has 3 nitrogen and oxygen atoms in total. The largest absolute Gasteiger partial charge is 0.426 e. The smallest absolute Gasteiger partial charge is 0.318 e. The van der Waals surface area contributed by atoms with E-state index in [0.717, 1.165) is 5.56 Å². The van der Waals surface area contributed by atoms with Crippen molar-refractivity contribution in [3.63, 3.8) is 0 Å². The van der Waals surface area contributed by atoms with Crippen molar-refractivity contribution in [1.29, 1.82) is 0 Å². The molecule has 0 N–H and O–H groups in total. The lowest BCUT2D eigenvalue weighted by Crippen LogP contribution is -2.08. The number of thiophene rings is 1. The van der Waals surface area contributed by atoms with Gasteiger partial charge < -0.3 is 4.74 Å². The Labute approximate surface area is 114 Å². The first-order valence-electron chi connectivity index (χ1n) is 6.14. The summed E-state index contributed by atoms with van der Waals surface area (Å²) in [5.74, 6) is 0.107. The van der Waals surface area contributed by atoms with Crippen molar-refractivity contribution in [2.75, 3.05) is 0 Å². The number of carbonyl (C=O) groups is 2. The molecule has 0 saturated heterocycles. The minimum Gasteiger partial charge on any atom is -0.426 e. The fourth-order valence-corrected chi connectivity index (χ4v) is 2.98. The number of esters is 1. The molecule has 1 aromatic carbocycles. The zero-order valence-corrected chi connectivity index (χ0v) is 11.2. The maximum Gasteiger partial charge on any atom is 0.318 e. The maximum atomic E-state index is 12.3. The van der Waals surface area contributed by atoms with E-state index in [4.69, 9.17) is 4.74 Å². The fraction of sp³-hybridized carbons (Fsp3) is 0.200. The van der Waals surface area contributed by atoms with Gasteiger partial charge in [-0.2, -0.15) is 0 Å². The van der Waals surface area contributed by atoms with Gasteiger partial charge in [0.15, 0.2) is 0 Å². The molecule has 0 saturated carbocycles. The molecule has 1 aromatic heterocycles. The molecule has 0 amide bonds. The van der Waals surface area contributed by atoms with Gasteiger partial charge >= 0.3 is 5.97 Å². The molecule has 1 aliphatic rings. The third kappa shape index (κ3) is 1.98. The normalized spacial score (nSPS) is 17.1. The highest BCUT2D eigenvalue weighted by Gasteiger charge is 2.32. The van der Waals surface area contributed by atoms with E-state index in [0.29, 0.717) is 22.6 Å². The summed E-state index contributed by atoms with van der Waals surface area (Å²) < 4.78 is 5.19. The van der Waals surface area contributed by atoms with Crippen LogP contribution in [0.3, 0.4) is 0 Å². The Hall–Kier alpha value is -1.94. The second-order valence-corrected chi connectivity index (χ2v) is 5.39. The second kappa shape index (κ2) is 4.63. The van der Waals surface area contributed by atoms with Crippen LogP contribution in [-0.4, -0.2) is 11.8 Å². The van der Waals surface area contributed by atoms with Crippen LogP contribution in [0.15, 0.2) is 35.7 Å². The van der Waals surface area contributed by atoms with E-state index in [1.807, 2.05) is 18.4 Å². The van der Waals surface area contributed by atoms with Crippen LogP contribution in [0.4, 0.5) is 0 Å². The standard InChI is InChI=1S/C15H12O3S/c1-2-10-11-8-9(5-6-12(11)18-15(10)17)14(16)13-4-3-7-19-13/h3-8,10H,2H2,1H3. The van der Waals surface area contributed by atoms with E-state index in [1.54, 1.807) is 24.3 Å². The summed E-state index contributed by atoms with van der Waals surface area (Å²) in [7, 11) is 0. The van der Waals surface area contributed by atoms with Gasteiger partial charge in [-0.15, -0.1) is 11.3 Å². The van der Waals surface area contributed by atoms with Crippen molar-refractivity contribution in [3.8, 4) is 5.75 Å². The third-order valence-electron chi connectivity index (χ3n) is 3.30. The molecule has 2 aromatic rings. The molecular formula is C15H12O3S. The number of hydrogen-bond acceptors (Lipinski definition) is 4. The topological polar surface area (TPSA) is 43.4 Å². The molecule has 3 rings (SSSR count). The van der Waals surface area contributed by atoms with Gasteiger partial charge in [-0.3, -0.25) is 9.59 Å². The highest BCUT2D eigenvalue weighted by atomic mass is 32.1. The average Bonchev–Trinajstić information content (AvgIpc) is 3.03. The molecule has 19 heavy (non-hydrogen) atoms. The van der Waals surface area contributed by atoms with Gasteiger partial charge in [0, 0.05) is 11.1 Å². The second-order valence-electron chi connectivity index (χ2n) is 4.44. The summed E-state index contributed by atoms with van der Waals surface area (Å²) in [5, 5.41) is 1.88. The zero-order chi connectivity index (χ0) is 13.4. The Bertz CT molecular complexity index is 643. The Morgan fingerprint density at radius 2 is 2.21 bits per heavy atom. The minimum atomic E-state index is -0.244. The van der Waals surface area contributed by atoms with Crippen molar-refractivity contribution in [3.05, 3.63) is 51.7 Å². The predicted molar refractivity (Wildman–Crippen MR) is 72.9 cm³/mol. The number of ketones is 1. The van der Waals surface area contributed by atoms with E-state index < -0.39 is 0 Å². The van der Waals surface area contributed by atoms with Crippen LogP contribution in [0.1, 0.15) is 40.1 Å². The van der Waals surface area contributed by atoms with E-state index in [2.05, 4.69) is 0 Å². The number of fused-ring (bicyclic) bond motifs is 1. The van der Waals surface area contributed by atoms with Crippen LogP contribution in [0, 0.1) is 0 Å². The molecule has 0 radical (unpaired) electrons. The lowest BCUT2D eigenvalue weighted by atomic mass is 9.95. The van der Waals surface area contributed by atoms with Crippen molar-refractivity contribution in [2.24, 2.45) is 0 Å². The fourth-order valence-electron chi connectivity index (χ4n) is 2.30. The number of ether oxygens (including phenoxy) is 1. The number of carbonyl (C=O) groups excluding carboxylic acids is 2. The Kier molecular flexibility index (Phi) is 2.95. The van der Waals surface area contributed by atoms with Gasteiger partial charge in [0.05, 0.1) is 10.8 Å². The van der Waals surface area contributed by atoms with E-state index in [-0.39, 0.29) is 17.7 Å². The van der Waals surface area contributed by atoms with Crippen molar-refractivity contribution in [1.82, 2.24) is 0 Å². The van der Waals surface area contributed by atoms with Crippen molar-refractivity contribution in [2.45, 2.75) is 19.3 Å². The first kappa shape index (κ1) is 12.1. The Morgan fingerprint density at radius 3 is 2.89 bits per heavy atom. The van der Waals surface area contributed by atoms with E-state index in [9.17, 15) is 9.59 Å². The summed E-state index contributed by atoms with van der Waals surface area (Å²) in [6.45, 7) is 1.94. The third-order valence-corrected chi connectivity index (χ3v) is 4.16. The van der Waals surface area contributed by atoms with Crippen LogP contribution in [-0.2, 0) is 4.79 Å². The quantitative estimate of drug-likeness (QED) is 0.488. The predicted octanol–water partition coefficient (Wildman–Crippen LogP) is 3.39. The molecule has 1 unspecified atom stereocenters. The molecule has 96 valence electrons. The minimum absolute atomic E-state index is 0.00741. The highest BCUT2D eigenvalue weighted by Crippen LogP contribution is 2.37. The van der Waals surface area contributed by atoms with Crippen LogP contribution in [0.25, 0.3) is 0 Å². The molecular weight excluding hydrogens is 260 g/mol. The van der Waals surface area contributed by atoms with E-state index >= 15 is 0 Å². The molecule has 0 bridgehead atoms. The summed E-state index contributed by atoms with van der Waals surface area (Å²) in [6.07, 6.45) is 0.683. The Morgan fingerprint density at radius 1 is 1.37 bits per heavy atom. The molecule has 2 heterocycles. The first-order chi connectivity index (χ1) is 9.20. The van der Waals surface area contributed by atoms with Crippen LogP contribution < -0.4 is 4.74 Å². The molecule has 4 heteroatoms. The van der Waals surface area contributed by atoms with Gasteiger partial charge in [-0.1, -0.05) is 13.0 Å². The van der Waals surface area contributed by atoms with Gasteiger partial charge in [-0.25, -0.2) is 0 Å². The van der Waals surface area contributed by atoms with Gasteiger partial charge in [-0.05, 0) is 36.1 Å². The number of hydrogen-bond donors (Lipinski definition) is 0. The lowest BCUT2D eigenvalue weighted by Gasteiger charge is -2.04. The van der Waals surface area contributed by atoms with Crippen molar-refractivity contribution < 1.29 is 14.3 Å². The molecule has 1 aliphatic heterocycles. The maximum absolute atomic E-state index is 12.3. The van der Waals surface area contributed by atoms with Crippen LogP contribution >= 0.6 is 11.3 Å². The highest BCUT2D eigenvalue weighted by molar-refractivity contribution is 7.12. The Balaban J connectivity index is 2.01. The molecule has 0 spiro atoms. The first-order valence-corrected chi connectivity index (χ1v) is 7.02. The van der Waals surface area contributed by atoms with Gasteiger partial charge in [0.1, 0.15) is 5.75 Å². The summed E-state index contributed by atoms with van der Waals surface area (Å²) >= 11 is 1.42. The summed E-state index contributed by atoms with van der Waals surface area (Å²) in [4.78, 5) is 24.6. The zero-order valence-electron chi connectivity index (χ0n) is 10.4. The van der Waals surface area contributed by atoms with Crippen LogP contribution in [0.2, 0.25) is 0 Å². The summed E-state index contributed by atoms with van der Waals surface area (Å²) in [6, 6.07) is 8.87. The molecule has 1 atom stereocenters. The van der Waals surface area contributed by atoms with Crippen LogP contribution in [0.5, 0.6) is 5.75 Å². The molecule has 0 fully saturated rings. The van der Waals surface area contributed by atoms with Gasteiger partial charge in [0.2, 0.25) is 5.78 Å². The number of rotatable bonds is 3. The van der Waals surface area contributed by atoms with Crippen molar-refractivity contribution >= 4 is 23.1 Å². The average molecular weight is 272 g/mol.